The van der Waals surface area contributed by atoms with E-state index in [-0.39, 0.29) is 11.3 Å². The number of phenols is 1. The standard InChI is InChI=1S/C24H20N2O4/c1-29-18-13-11-17(12-14-18)26-22(25-20-8-4-3-7-19(20)24(26)28)15-10-16-6-5-9-21(30-2)23(16)27/h3-15,27H,1-2H3. The van der Waals surface area contributed by atoms with Crippen molar-refractivity contribution < 1.29 is 14.6 Å². The Hall–Kier alpha value is -4.06. The molecule has 30 heavy (non-hydrogen) atoms. The summed E-state index contributed by atoms with van der Waals surface area (Å²) in [7, 11) is 3.09. The minimum atomic E-state index is -0.180. The zero-order chi connectivity index (χ0) is 21.1. The molecule has 0 radical (unpaired) electrons. The van der Waals surface area contributed by atoms with E-state index in [2.05, 4.69) is 4.98 Å². The third-order valence-electron chi connectivity index (χ3n) is 4.79. The summed E-state index contributed by atoms with van der Waals surface area (Å²) >= 11 is 0. The van der Waals surface area contributed by atoms with Gasteiger partial charge in [0.25, 0.3) is 5.56 Å². The van der Waals surface area contributed by atoms with Gasteiger partial charge >= 0.3 is 0 Å². The van der Waals surface area contributed by atoms with Crippen molar-refractivity contribution in [3.05, 3.63) is 88.5 Å². The molecule has 4 aromatic rings. The second-order valence-electron chi connectivity index (χ2n) is 6.56. The number of aromatic nitrogens is 2. The summed E-state index contributed by atoms with van der Waals surface area (Å²) < 4.78 is 11.9. The molecule has 3 aromatic carbocycles. The topological polar surface area (TPSA) is 73.6 Å². The molecule has 0 saturated carbocycles. The Morgan fingerprint density at radius 2 is 1.67 bits per heavy atom. The molecule has 6 heteroatoms. The fourth-order valence-electron chi connectivity index (χ4n) is 3.25. The van der Waals surface area contributed by atoms with E-state index in [1.54, 1.807) is 73.9 Å². The number of methoxy groups -OCH3 is 2. The quantitative estimate of drug-likeness (QED) is 0.541. The molecule has 0 bridgehead atoms. The lowest BCUT2D eigenvalue weighted by atomic mass is 10.1. The molecule has 0 fully saturated rings. The van der Waals surface area contributed by atoms with Crippen molar-refractivity contribution in [3.8, 4) is 22.9 Å². The molecule has 6 nitrogen and oxygen atoms in total. The molecule has 1 N–H and O–H groups in total. The number of hydrogen-bond donors (Lipinski definition) is 1. The van der Waals surface area contributed by atoms with Gasteiger partial charge in [0.2, 0.25) is 0 Å². The molecule has 1 heterocycles. The first-order valence-electron chi connectivity index (χ1n) is 9.32. The lowest BCUT2D eigenvalue weighted by Gasteiger charge is -2.12. The van der Waals surface area contributed by atoms with Crippen LogP contribution in [0.3, 0.4) is 0 Å². The zero-order valence-electron chi connectivity index (χ0n) is 16.6. The largest absolute Gasteiger partial charge is 0.504 e. The van der Waals surface area contributed by atoms with Gasteiger partial charge in [-0.1, -0.05) is 24.3 Å². The van der Waals surface area contributed by atoms with Gasteiger partial charge < -0.3 is 14.6 Å². The molecule has 0 aliphatic carbocycles. The smallest absolute Gasteiger partial charge is 0.266 e. The predicted molar refractivity (Wildman–Crippen MR) is 117 cm³/mol. The Morgan fingerprint density at radius 1 is 0.900 bits per heavy atom. The fraction of sp³-hybridized carbons (Fsp3) is 0.0833. The van der Waals surface area contributed by atoms with Gasteiger partial charge in [-0.15, -0.1) is 0 Å². The third kappa shape index (κ3) is 3.51. The van der Waals surface area contributed by atoms with Gasteiger partial charge in [0.1, 0.15) is 11.6 Å². The van der Waals surface area contributed by atoms with Gasteiger partial charge in [0.05, 0.1) is 30.8 Å². The highest BCUT2D eigenvalue weighted by Crippen LogP contribution is 2.30. The van der Waals surface area contributed by atoms with Crippen LogP contribution in [0.2, 0.25) is 0 Å². The molecule has 150 valence electrons. The molecule has 0 saturated heterocycles. The SMILES string of the molecule is COc1ccc(-n2c(C=Cc3cccc(OC)c3O)nc3ccccc3c2=O)cc1. The Balaban J connectivity index is 1.91. The number of nitrogens with zero attached hydrogens (tertiary/aromatic N) is 2. The summed E-state index contributed by atoms with van der Waals surface area (Å²) in [5.41, 5.74) is 1.63. The van der Waals surface area contributed by atoms with Gasteiger partial charge in [-0.3, -0.25) is 9.36 Å². The molecule has 0 atom stereocenters. The number of ether oxygens (including phenoxy) is 2. The van der Waals surface area contributed by atoms with Crippen LogP contribution in [-0.4, -0.2) is 28.9 Å². The average molecular weight is 400 g/mol. The molecular weight excluding hydrogens is 380 g/mol. The van der Waals surface area contributed by atoms with Crippen LogP contribution in [0.15, 0.2) is 71.5 Å². The summed E-state index contributed by atoms with van der Waals surface area (Å²) in [6.45, 7) is 0. The van der Waals surface area contributed by atoms with Gasteiger partial charge in [-0.25, -0.2) is 4.98 Å². The lowest BCUT2D eigenvalue weighted by Crippen LogP contribution is -2.22. The summed E-state index contributed by atoms with van der Waals surface area (Å²) in [6, 6.07) is 19.6. The van der Waals surface area contributed by atoms with Gasteiger partial charge in [0, 0.05) is 5.56 Å². The van der Waals surface area contributed by atoms with Crippen molar-refractivity contribution >= 4 is 23.1 Å². The van der Waals surface area contributed by atoms with Crippen LogP contribution >= 0.6 is 0 Å². The van der Waals surface area contributed by atoms with E-state index in [0.29, 0.717) is 39.5 Å². The number of para-hydroxylation sites is 2. The number of aromatic hydroxyl groups is 1. The molecule has 4 rings (SSSR count). The second kappa shape index (κ2) is 8.13. The lowest BCUT2D eigenvalue weighted by molar-refractivity contribution is 0.373. The summed E-state index contributed by atoms with van der Waals surface area (Å²) in [5.74, 6) is 1.52. The van der Waals surface area contributed by atoms with Crippen LogP contribution in [0.4, 0.5) is 0 Å². The Bertz CT molecular complexity index is 1290. The van der Waals surface area contributed by atoms with Crippen molar-refractivity contribution in [2.24, 2.45) is 0 Å². The average Bonchev–Trinajstić information content (AvgIpc) is 2.79. The van der Waals surface area contributed by atoms with Crippen molar-refractivity contribution in [1.29, 1.82) is 0 Å². The highest BCUT2D eigenvalue weighted by Gasteiger charge is 2.12. The predicted octanol–water partition coefficient (Wildman–Crippen LogP) is 4.28. The molecule has 0 aliphatic rings. The van der Waals surface area contributed by atoms with Crippen molar-refractivity contribution in [3.63, 3.8) is 0 Å². The maximum Gasteiger partial charge on any atom is 0.266 e. The van der Waals surface area contributed by atoms with Gasteiger partial charge in [-0.05, 0) is 54.6 Å². The van der Waals surface area contributed by atoms with Gasteiger partial charge in [-0.2, -0.15) is 0 Å². The first kappa shape index (κ1) is 19.3. The van der Waals surface area contributed by atoms with E-state index < -0.39 is 0 Å². The monoisotopic (exact) mass is 400 g/mol. The third-order valence-corrected chi connectivity index (χ3v) is 4.79. The van der Waals surface area contributed by atoms with Crippen molar-refractivity contribution in [2.75, 3.05) is 14.2 Å². The van der Waals surface area contributed by atoms with Crippen molar-refractivity contribution in [1.82, 2.24) is 9.55 Å². The van der Waals surface area contributed by atoms with Crippen LogP contribution < -0.4 is 15.0 Å². The van der Waals surface area contributed by atoms with Crippen LogP contribution in [0.5, 0.6) is 17.2 Å². The number of benzene rings is 3. The number of rotatable bonds is 5. The normalized spacial score (nSPS) is 11.1. The Morgan fingerprint density at radius 3 is 2.40 bits per heavy atom. The molecule has 0 spiro atoms. The Kier molecular flexibility index (Phi) is 5.22. The van der Waals surface area contributed by atoms with Gasteiger partial charge in [0.15, 0.2) is 11.5 Å². The van der Waals surface area contributed by atoms with E-state index in [1.165, 1.54) is 11.7 Å². The van der Waals surface area contributed by atoms with E-state index in [1.807, 2.05) is 12.1 Å². The fourth-order valence-corrected chi connectivity index (χ4v) is 3.25. The van der Waals surface area contributed by atoms with Crippen LogP contribution in [0.25, 0.3) is 28.7 Å². The summed E-state index contributed by atoms with van der Waals surface area (Å²) in [6.07, 6.45) is 3.40. The minimum Gasteiger partial charge on any atom is -0.504 e. The molecular formula is C24H20N2O4. The van der Waals surface area contributed by atoms with Crippen molar-refractivity contribution in [2.45, 2.75) is 0 Å². The minimum absolute atomic E-state index is 0.0235. The summed E-state index contributed by atoms with van der Waals surface area (Å²) in [5, 5.41) is 10.9. The maximum atomic E-state index is 13.3. The molecule has 1 aromatic heterocycles. The van der Waals surface area contributed by atoms with Crippen LogP contribution in [0.1, 0.15) is 11.4 Å². The van der Waals surface area contributed by atoms with Crippen LogP contribution in [0, 0.1) is 0 Å². The number of phenolic OH excluding ortho intramolecular Hbond substituents is 1. The van der Waals surface area contributed by atoms with Crippen LogP contribution in [-0.2, 0) is 0 Å². The first-order chi connectivity index (χ1) is 14.6. The second-order valence-corrected chi connectivity index (χ2v) is 6.56. The number of fused-ring (bicyclic) bond motifs is 1. The van der Waals surface area contributed by atoms with E-state index in [0.717, 1.165) is 0 Å². The zero-order valence-corrected chi connectivity index (χ0v) is 16.6. The van der Waals surface area contributed by atoms with E-state index in [4.69, 9.17) is 9.47 Å². The van der Waals surface area contributed by atoms with E-state index >= 15 is 0 Å². The molecule has 0 unspecified atom stereocenters. The Labute approximate surface area is 173 Å². The number of hydrogen-bond acceptors (Lipinski definition) is 5. The van der Waals surface area contributed by atoms with E-state index in [9.17, 15) is 9.90 Å². The first-order valence-corrected chi connectivity index (χ1v) is 9.32. The molecule has 0 aliphatic heterocycles. The highest BCUT2D eigenvalue weighted by atomic mass is 16.5. The highest BCUT2D eigenvalue weighted by molar-refractivity contribution is 5.80. The summed E-state index contributed by atoms with van der Waals surface area (Å²) in [4.78, 5) is 17.9. The molecule has 0 amide bonds. The maximum absolute atomic E-state index is 13.3.